The predicted molar refractivity (Wildman–Crippen MR) is 132 cm³/mol. The Morgan fingerprint density at radius 3 is 2.49 bits per heavy atom. The first kappa shape index (κ1) is 26.2. The summed E-state index contributed by atoms with van der Waals surface area (Å²) in [6.45, 7) is 7.12. The largest absolute Gasteiger partial charge is 0.493 e. The van der Waals surface area contributed by atoms with Crippen LogP contribution in [0.5, 0.6) is 11.5 Å². The molecule has 0 atom stereocenters. The molecule has 0 spiro atoms. The number of nitrogens with zero attached hydrogens (tertiary/aromatic N) is 4. The highest BCUT2D eigenvalue weighted by molar-refractivity contribution is 7.89. The van der Waals surface area contributed by atoms with Crippen LogP contribution in [0.4, 0.5) is 0 Å². The molecule has 0 N–H and O–H groups in total. The molecule has 0 fully saturated rings. The van der Waals surface area contributed by atoms with E-state index >= 15 is 0 Å². The van der Waals surface area contributed by atoms with Gasteiger partial charge in [0, 0.05) is 32.1 Å². The Bertz CT molecular complexity index is 1350. The molecule has 0 amide bonds. The number of rotatable bonds is 11. The van der Waals surface area contributed by atoms with Gasteiger partial charge in [0.1, 0.15) is 5.82 Å². The fourth-order valence-electron chi connectivity index (χ4n) is 3.91. The lowest BCUT2D eigenvalue weighted by Crippen LogP contribution is -2.30. The number of nitriles is 1. The molecule has 35 heavy (non-hydrogen) atoms. The highest BCUT2D eigenvalue weighted by atomic mass is 32.2. The summed E-state index contributed by atoms with van der Waals surface area (Å²) in [7, 11) is -2.16. The van der Waals surface area contributed by atoms with Gasteiger partial charge in [0.05, 0.1) is 41.1 Å². The quantitative estimate of drug-likeness (QED) is 0.291. The number of methoxy groups -OCH3 is 1. The van der Waals surface area contributed by atoms with Crippen LogP contribution in [-0.4, -0.2) is 48.4 Å². The molecule has 0 aliphatic carbocycles. The van der Waals surface area contributed by atoms with Crippen LogP contribution in [0.1, 0.15) is 45.0 Å². The van der Waals surface area contributed by atoms with E-state index in [9.17, 15) is 13.2 Å². The van der Waals surface area contributed by atoms with Gasteiger partial charge in [-0.05, 0) is 36.8 Å². The van der Waals surface area contributed by atoms with E-state index in [4.69, 9.17) is 14.7 Å². The van der Waals surface area contributed by atoms with Crippen molar-refractivity contribution in [3.05, 3.63) is 47.8 Å². The third-order valence-electron chi connectivity index (χ3n) is 5.66. The SMILES string of the molecule is CCCn1c(CCC(=O)Oc2ccc(C#N)cc2OC)nc2cc(S(=O)(=O)N(CC)CC)ccc21. The molecule has 1 aromatic heterocycles. The molecule has 0 radical (unpaired) electrons. The van der Waals surface area contributed by atoms with Gasteiger partial charge in [0.25, 0.3) is 0 Å². The number of carbonyl (C=O) groups excluding carboxylic acids is 1. The number of ether oxygens (including phenoxy) is 2. The Labute approximate surface area is 205 Å². The molecule has 0 unspecified atom stereocenters. The number of sulfonamides is 1. The average Bonchev–Trinajstić information content (AvgIpc) is 3.20. The second kappa shape index (κ2) is 11.3. The Hall–Kier alpha value is -3.42. The first-order chi connectivity index (χ1) is 16.8. The van der Waals surface area contributed by atoms with Gasteiger partial charge in [0.15, 0.2) is 11.5 Å². The van der Waals surface area contributed by atoms with Crippen molar-refractivity contribution < 1.29 is 22.7 Å². The van der Waals surface area contributed by atoms with Crippen molar-refractivity contribution in [2.24, 2.45) is 0 Å². The molecule has 0 aliphatic heterocycles. The molecule has 1 heterocycles. The molecule has 10 heteroatoms. The van der Waals surface area contributed by atoms with Crippen molar-refractivity contribution in [2.75, 3.05) is 20.2 Å². The molecule has 3 aromatic rings. The lowest BCUT2D eigenvalue weighted by molar-refractivity contribution is -0.134. The first-order valence-electron chi connectivity index (χ1n) is 11.6. The Morgan fingerprint density at radius 1 is 1.11 bits per heavy atom. The van der Waals surface area contributed by atoms with Gasteiger partial charge in [0.2, 0.25) is 10.0 Å². The number of benzene rings is 2. The van der Waals surface area contributed by atoms with E-state index in [1.165, 1.54) is 23.5 Å². The minimum atomic E-state index is -3.60. The zero-order valence-electron chi connectivity index (χ0n) is 20.4. The van der Waals surface area contributed by atoms with Crippen LogP contribution in [0, 0.1) is 11.3 Å². The van der Waals surface area contributed by atoms with Crippen LogP contribution < -0.4 is 9.47 Å². The zero-order valence-corrected chi connectivity index (χ0v) is 21.3. The molecule has 0 saturated carbocycles. The molecule has 186 valence electrons. The van der Waals surface area contributed by atoms with Crippen molar-refractivity contribution in [3.63, 3.8) is 0 Å². The van der Waals surface area contributed by atoms with Gasteiger partial charge in [-0.2, -0.15) is 9.57 Å². The van der Waals surface area contributed by atoms with E-state index in [0.29, 0.717) is 48.7 Å². The number of aromatic nitrogens is 2. The average molecular weight is 499 g/mol. The molecule has 2 aromatic carbocycles. The van der Waals surface area contributed by atoms with Crippen molar-refractivity contribution in [1.29, 1.82) is 5.26 Å². The van der Waals surface area contributed by atoms with Crippen LogP contribution in [0.3, 0.4) is 0 Å². The number of carbonyl (C=O) groups is 1. The van der Waals surface area contributed by atoms with Crippen molar-refractivity contribution in [2.45, 2.75) is 51.5 Å². The monoisotopic (exact) mass is 498 g/mol. The topological polar surface area (TPSA) is 115 Å². The summed E-state index contributed by atoms with van der Waals surface area (Å²) in [6, 6.07) is 11.6. The third-order valence-corrected chi connectivity index (χ3v) is 7.70. The van der Waals surface area contributed by atoms with E-state index in [2.05, 4.69) is 4.98 Å². The molecular weight excluding hydrogens is 468 g/mol. The Balaban J connectivity index is 1.84. The Kier molecular flexibility index (Phi) is 8.48. The van der Waals surface area contributed by atoms with Crippen molar-refractivity contribution in [1.82, 2.24) is 13.9 Å². The predicted octanol–water partition coefficient (Wildman–Crippen LogP) is 3.90. The fraction of sp³-hybridized carbons (Fsp3) is 0.400. The maximum atomic E-state index is 12.9. The molecule has 9 nitrogen and oxygen atoms in total. The van der Waals surface area contributed by atoms with Crippen molar-refractivity contribution >= 4 is 27.0 Å². The van der Waals surface area contributed by atoms with E-state index in [0.717, 1.165) is 11.9 Å². The summed E-state index contributed by atoms with van der Waals surface area (Å²) >= 11 is 0. The van der Waals surface area contributed by atoms with E-state index in [1.807, 2.05) is 17.6 Å². The smallest absolute Gasteiger partial charge is 0.311 e. The highest BCUT2D eigenvalue weighted by Gasteiger charge is 2.23. The second-order valence-electron chi connectivity index (χ2n) is 7.87. The number of hydrogen-bond donors (Lipinski definition) is 0. The minimum absolute atomic E-state index is 0.0702. The normalized spacial score (nSPS) is 11.5. The summed E-state index contributed by atoms with van der Waals surface area (Å²) in [4.78, 5) is 17.4. The van der Waals surface area contributed by atoms with Gasteiger partial charge in [-0.15, -0.1) is 0 Å². The summed E-state index contributed by atoms with van der Waals surface area (Å²) in [6.07, 6.45) is 1.25. The number of aryl methyl sites for hydroxylation is 2. The van der Waals surface area contributed by atoms with Crippen LogP contribution in [-0.2, 0) is 27.8 Å². The minimum Gasteiger partial charge on any atom is -0.493 e. The van der Waals surface area contributed by atoms with Gasteiger partial charge in [-0.1, -0.05) is 20.8 Å². The first-order valence-corrected chi connectivity index (χ1v) is 13.0. The molecular formula is C25H30N4O5S. The van der Waals surface area contributed by atoms with Crippen LogP contribution >= 0.6 is 0 Å². The maximum absolute atomic E-state index is 12.9. The summed E-state index contributed by atoms with van der Waals surface area (Å²) < 4.78 is 40.0. The van der Waals surface area contributed by atoms with Crippen LogP contribution in [0.15, 0.2) is 41.3 Å². The lowest BCUT2D eigenvalue weighted by Gasteiger charge is -2.18. The van der Waals surface area contributed by atoms with E-state index < -0.39 is 16.0 Å². The number of fused-ring (bicyclic) bond motifs is 1. The van der Waals surface area contributed by atoms with Gasteiger partial charge < -0.3 is 14.0 Å². The molecule has 3 rings (SSSR count). The van der Waals surface area contributed by atoms with Crippen LogP contribution in [0.2, 0.25) is 0 Å². The lowest BCUT2D eigenvalue weighted by atomic mass is 10.2. The van der Waals surface area contributed by atoms with E-state index in [-0.39, 0.29) is 17.1 Å². The maximum Gasteiger partial charge on any atom is 0.311 e. The molecule has 0 saturated heterocycles. The molecule has 0 bridgehead atoms. The number of hydrogen-bond acceptors (Lipinski definition) is 7. The van der Waals surface area contributed by atoms with E-state index in [1.54, 1.807) is 38.1 Å². The fourth-order valence-corrected chi connectivity index (χ4v) is 5.38. The van der Waals surface area contributed by atoms with Gasteiger partial charge >= 0.3 is 5.97 Å². The van der Waals surface area contributed by atoms with Gasteiger partial charge in [-0.3, -0.25) is 4.79 Å². The number of esters is 1. The van der Waals surface area contributed by atoms with Gasteiger partial charge in [-0.25, -0.2) is 13.4 Å². The third kappa shape index (κ3) is 5.63. The van der Waals surface area contributed by atoms with Crippen molar-refractivity contribution in [3.8, 4) is 17.6 Å². The highest BCUT2D eigenvalue weighted by Crippen LogP contribution is 2.29. The standard InChI is InChI=1S/C25H30N4O5S/c1-5-14-29-21-10-9-19(35(31,32)28(6-2)7-3)16-20(21)27-24(29)12-13-25(30)34-22-11-8-18(17-26)15-23(22)33-4/h8-11,15-16H,5-7,12-14H2,1-4H3. The van der Waals surface area contributed by atoms with Crippen LogP contribution in [0.25, 0.3) is 11.0 Å². The Morgan fingerprint density at radius 2 is 1.86 bits per heavy atom. The number of imidazole rings is 1. The second-order valence-corrected chi connectivity index (χ2v) is 9.81. The summed E-state index contributed by atoms with van der Waals surface area (Å²) in [5, 5.41) is 9.03. The summed E-state index contributed by atoms with van der Waals surface area (Å²) in [5.41, 5.74) is 1.79. The summed E-state index contributed by atoms with van der Waals surface area (Å²) in [5.74, 6) is 0.762. The molecule has 0 aliphatic rings. The zero-order chi connectivity index (χ0) is 25.6.